The first-order valence-electron chi connectivity index (χ1n) is 11.7. The Balaban J connectivity index is 1.53. The van der Waals surface area contributed by atoms with Gasteiger partial charge in [-0.05, 0) is 57.6 Å². The van der Waals surface area contributed by atoms with E-state index in [1.165, 1.54) is 0 Å². The van der Waals surface area contributed by atoms with Crippen LogP contribution in [0.1, 0.15) is 68.2 Å². The normalized spacial score (nSPS) is 19.1. The van der Waals surface area contributed by atoms with Crippen LogP contribution in [-0.4, -0.2) is 51.9 Å². The zero-order valence-electron chi connectivity index (χ0n) is 19.4. The number of H-pyrrole nitrogens is 1. The third-order valence-electron chi connectivity index (χ3n) is 6.79. The number of rotatable bonds is 6. The van der Waals surface area contributed by atoms with Gasteiger partial charge in [0.15, 0.2) is 0 Å². The van der Waals surface area contributed by atoms with Crippen LogP contribution in [0.2, 0.25) is 0 Å². The Morgan fingerprint density at radius 3 is 2.84 bits per heavy atom. The maximum atomic E-state index is 13.2. The number of nitrogens with zero attached hydrogens (tertiary/aromatic N) is 3. The Bertz CT molecular complexity index is 1020. The van der Waals surface area contributed by atoms with Gasteiger partial charge in [0.05, 0.1) is 18.8 Å². The number of amides is 1. The molecule has 7 nitrogen and oxygen atoms in total. The van der Waals surface area contributed by atoms with Gasteiger partial charge < -0.3 is 14.6 Å². The summed E-state index contributed by atoms with van der Waals surface area (Å²) < 4.78 is 5.43. The lowest BCUT2D eigenvalue weighted by Gasteiger charge is -2.36. The minimum Gasteiger partial charge on any atom is -0.496 e. The van der Waals surface area contributed by atoms with Crippen molar-refractivity contribution in [3.63, 3.8) is 0 Å². The minimum absolute atomic E-state index is 0.0413. The number of carbonyl (C=O) groups excluding carboxylic acids is 1. The van der Waals surface area contributed by atoms with Gasteiger partial charge in [-0.3, -0.25) is 14.5 Å². The van der Waals surface area contributed by atoms with E-state index in [0.717, 1.165) is 54.8 Å². The summed E-state index contributed by atoms with van der Waals surface area (Å²) in [5.74, 6) is 1.56. The first-order chi connectivity index (χ1) is 15.5. The van der Waals surface area contributed by atoms with Crippen LogP contribution in [0.25, 0.3) is 0 Å². The maximum Gasteiger partial charge on any atom is 0.254 e. The number of para-hydroxylation sites is 1. The smallest absolute Gasteiger partial charge is 0.254 e. The number of hydrogen-bond donors (Lipinski definition) is 1. The molecule has 2 aliphatic heterocycles. The van der Waals surface area contributed by atoms with Gasteiger partial charge in [-0.25, -0.2) is 4.98 Å². The van der Waals surface area contributed by atoms with Crippen LogP contribution in [0, 0.1) is 0 Å². The molecular formula is C25H34N4O3. The fraction of sp³-hybridized carbons (Fsp3) is 0.560. The Labute approximate surface area is 189 Å². The number of carbonyl (C=O) groups is 1. The van der Waals surface area contributed by atoms with E-state index in [4.69, 9.17) is 9.72 Å². The standard InChI is InChI=1S/C25H34N4O3/c1-17(2)28-15-13-19-20(16-28)26-24(27-25(19)31)21-9-6-7-14-29(21)23(30)12-11-18-8-4-5-10-22(18)32-3/h4-5,8,10,17,21H,6-7,9,11-16H2,1-3H3,(H,26,27,31)/t21-/m1/s1. The van der Waals surface area contributed by atoms with E-state index in [1.807, 2.05) is 29.2 Å². The number of methoxy groups -OCH3 is 1. The highest BCUT2D eigenvalue weighted by molar-refractivity contribution is 5.77. The lowest BCUT2D eigenvalue weighted by molar-refractivity contribution is -0.135. The lowest BCUT2D eigenvalue weighted by Crippen LogP contribution is -2.42. The number of piperidine rings is 1. The van der Waals surface area contributed by atoms with Crippen LogP contribution >= 0.6 is 0 Å². The molecule has 1 amide bonds. The molecule has 1 fully saturated rings. The van der Waals surface area contributed by atoms with Crippen molar-refractivity contribution in [1.82, 2.24) is 19.8 Å². The summed E-state index contributed by atoms with van der Waals surface area (Å²) in [7, 11) is 1.65. The molecule has 1 saturated heterocycles. The van der Waals surface area contributed by atoms with Crippen LogP contribution < -0.4 is 10.3 Å². The molecule has 1 N–H and O–H groups in total. The fourth-order valence-corrected chi connectivity index (χ4v) is 4.89. The number of ether oxygens (including phenoxy) is 1. The molecule has 0 saturated carbocycles. The molecule has 0 spiro atoms. The van der Waals surface area contributed by atoms with Crippen LogP contribution in [0.4, 0.5) is 0 Å². The highest BCUT2D eigenvalue weighted by atomic mass is 16.5. The summed E-state index contributed by atoms with van der Waals surface area (Å²) in [6.45, 7) is 6.61. The molecule has 1 atom stereocenters. The second-order valence-corrected chi connectivity index (χ2v) is 9.10. The molecule has 3 heterocycles. The molecule has 0 unspecified atom stereocenters. The number of benzene rings is 1. The van der Waals surface area contributed by atoms with Gasteiger partial charge in [-0.2, -0.15) is 0 Å². The van der Waals surface area contributed by atoms with Gasteiger partial charge in [0.1, 0.15) is 11.6 Å². The van der Waals surface area contributed by atoms with Crippen LogP contribution in [-0.2, 0) is 24.2 Å². The van der Waals surface area contributed by atoms with E-state index in [-0.39, 0.29) is 17.5 Å². The molecule has 0 aliphatic carbocycles. The predicted molar refractivity (Wildman–Crippen MR) is 124 cm³/mol. The van der Waals surface area contributed by atoms with E-state index in [0.29, 0.717) is 37.8 Å². The summed E-state index contributed by atoms with van der Waals surface area (Å²) >= 11 is 0. The van der Waals surface area contributed by atoms with Gasteiger partial charge >= 0.3 is 0 Å². The molecular weight excluding hydrogens is 404 g/mol. The molecule has 2 aromatic rings. The second kappa shape index (κ2) is 9.86. The zero-order valence-corrected chi connectivity index (χ0v) is 19.4. The van der Waals surface area contributed by atoms with E-state index in [2.05, 4.69) is 23.7 Å². The number of nitrogens with one attached hydrogen (secondary N) is 1. The largest absolute Gasteiger partial charge is 0.496 e. The van der Waals surface area contributed by atoms with Crippen molar-refractivity contribution in [2.75, 3.05) is 20.2 Å². The molecule has 1 aromatic carbocycles. The Kier molecular flexibility index (Phi) is 6.94. The summed E-state index contributed by atoms with van der Waals surface area (Å²) in [6.07, 6.45) is 4.60. The Hall–Kier alpha value is -2.67. The number of hydrogen-bond acceptors (Lipinski definition) is 5. The van der Waals surface area contributed by atoms with Crippen molar-refractivity contribution in [1.29, 1.82) is 0 Å². The van der Waals surface area contributed by atoms with Crippen molar-refractivity contribution in [2.24, 2.45) is 0 Å². The van der Waals surface area contributed by atoms with Crippen LogP contribution in [0.5, 0.6) is 5.75 Å². The molecule has 0 bridgehead atoms. The van der Waals surface area contributed by atoms with Crippen molar-refractivity contribution in [3.05, 3.63) is 57.3 Å². The molecule has 1 aromatic heterocycles. The summed E-state index contributed by atoms with van der Waals surface area (Å²) in [6, 6.07) is 8.07. The molecule has 2 aliphatic rings. The van der Waals surface area contributed by atoms with Crippen LogP contribution in [0.3, 0.4) is 0 Å². The lowest BCUT2D eigenvalue weighted by atomic mass is 9.99. The molecule has 172 valence electrons. The average molecular weight is 439 g/mol. The van der Waals surface area contributed by atoms with E-state index >= 15 is 0 Å². The van der Waals surface area contributed by atoms with E-state index in [9.17, 15) is 9.59 Å². The summed E-state index contributed by atoms with van der Waals surface area (Å²) in [5.41, 5.74) is 2.66. The molecule has 4 rings (SSSR count). The van der Waals surface area contributed by atoms with E-state index < -0.39 is 0 Å². The topological polar surface area (TPSA) is 78.5 Å². The zero-order chi connectivity index (χ0) is 22.7. The third kappa shape index (κ3) is 4.72. The van der Waals surface area contributed by atoms with Crippen molar-refractivity contribution < 1.29 is 9.53 Å². The molecule has 7 heteroatoms. The van der Waals surface area contributed by atoms with Gasteiger partial charge in [-0.1, -0.05) is 18.2 Å². The fourth-order valence-electron chi connectivity index (χ4n) is 4.89. The van der Waals surface area contributed by atoms with Crippen molar-refractivity contribution in [3.8, 4) is 5.75 Å². The molecule has 0 radical (unpaired) electrons. The van der Waals surface area contributed by atoms with Gasteiger partial charge in [0, 0.05) is 37.7 Å². The Morgan fingerprint density at radius 1 is 1.25 bits per heavy atom. The Morgan fingerprint density at radius 2 is 2.06 bits per heavy atom. The SMILES string of the molecule is COc1ccccc1CCC(=O)N1CCCC[C@@H]1c1nc2c(c(=O)[nH]1)CCN(C(C)C)C2. The number of aromatic nitrogens is 2. The quantitative estimate of drug-likeness (QED) is 0.749. The summed E-state index contributed by atoms with van der Waals surface area (Å²) in [5, 5.41) is 0. The van der Waals surface area contributed by atoms with Gasteiger partial charge in [0.2, 0.25) is 5.91 Å². The minimum atomic E-state index is -0.165. The highest BCUT2D eigenvalue weighted by Crippen LogP contribution is 2.30. The van der Waals surface area contributed by atoms with E-state index in [1.54, 1.807) is 7.11 Å². The summed E-state index contributed by atoms with van der Waals surface area (Å²) in [4.78, 5) is 38.2. The first kappa shape index (κ1) is 22.5. The van der Waals surface area contributed by atoms with Crippen LogP contribution in [0.15, 0.2) is 29.1 Å². The first-order valence-corrected chi connectivity index (χ1v) is 11.7. The second-order valence-electron chi connectivity index (χ2n) is 9.10. The number of fused-ring (bicyclic) bond motifs is 1. The maximum absolute atomic E-state index is 13.2. The number of aryl methyl sites for hydroxylation is 1. The average Bonchev–Trinajstić information content (AvgIpc) is 2.82. The molecule has 32 heavy (non-hydrogen) atoms. The van der Waals surface area contributed by atoms with Crippen molar-refractivity contribution >= 4 is 5.91 Å². The highest BCUT2D eigenvalue weighted by Gasteiger charge is 2.31. The van der Waals surface area contributed by atoms with Gasteiger partial charge in [0.25, 0.3) is 5.56 Å². The third-order valence-corrected chi connectivity index (χ3v) is 6.79. The van der Waals surface area contributed by atoms with Crippen molar-refractivity contribution in [2.45, 2.75) is 71.0 Å². The predicted octanol–water partition coefficient (Wildman–Crippen LogP) is 3.23. The monoisotopic (exact) mass is 438 g/mol. The van der Waals surface area contributed by atoms with Gasteiger partial charge in [-0.15, -0.1) is 0 Å². The number of likely N-dealkylation sites (tertiary alicyclic amines) is 1. The number of aromatic amines is 1.